The van der Waals surface area contributed by atoms with Crippen molar-refractivity contribution in [2.45, 2.75) is 27.4 Å². The highest BCUT2D eigenvalue weighted by Crippen LogP contribution is 2.33. The number of hydrogen-bond acceptors (Lipinski definition) is 5. The number of nitrogens with zero attached hydrogens (tertiary/aromatic N) is 3. The fraction of sp³-hybridized carbons (Fsp3) is 0.462. The number of carbonyl (C=O) groups excluding carboxylic acids is 1. The molecule has 22 heavy (non-hydrogen) atoms. The summed E-state index contributed by atoms with van der Waals surface area (Å²) in [5.41, 5.74) is 9.60. The van der Waals surface area contributed by atoms with Gasteiger partial charge in [-0.3, -0.25) is 4.79 Å². The number of hydrogen-bond donors (Lipinski definition) is 0. The Morgan fingerprint density at radius 1 is 1.50 bits per heavy atom. The van der Waals surface area contributed by atoms with Gasteiger partial charge in [0.1, 0.15) is 6.10 Å². The molecule has 7 nitrogen and oxygen atoms in total. The average Bonchev–Trinajstić information content (AvgIpc) is 2.54. The standard InChI is InChI=1S/C13H13BrIN3O4/c14-12(15)10(17-18-16)11-9(21-7-19)6-20-13(22-11)8-4-2-1-3-5-8/h1-5,7,9-13H,6H2/t9-,10+,11-,12?,13-/m1/s1. The van der Waals surface area contributed by atoms with Crippen LogP contribution in [0.2, 0.25) is 0 Å². The predicted molar refractivity (Wildman–Crippen MR) is 90.6 cm³/mol. The van der Waals surface area contributed by atoms with Crippen molar-refractivity contribution in [2.75, 3.05) is 6.61 Å². The molecule has 9 heteroatoms. The summed E-state index contributed by atoms with van der Waals surface area (Å²) in [7, 11) is 0. The van der Waals surface area contributed by atoms with Gasteiger partial charge in [-0.15, -0.1) is 0 Å². The number of rotatable bonds is 6. The lowest BCUT2D eigenvalue weighted by Crippen LogP contribution is -2.49. The third-order valence-corrected chi connectivity index (χ3v) is 4.42. The number of azide groups is 1. The van der Waals surface area contributed by atoms with Gasteiger partial charge in [0, 0.05) is 10.5 Å². The minimum Gasteiger partial charge on any atom is -0.459 e. The Morgan fingerprint density at radius 3 is 2.82 bits per heavy atom. The minimum atomic E-state index is -0.636. The van der Waals surface area contributed by atoms with Gasteiger partial charge in [-0.2, -0.15) is 0 Å². The van der Waals surface area contributed by atoms with E-state index in [1.54, 1.807) is 0 Å². The molecule has 1 aromatic rings. The van der Waals surface area contributed by atoms with Gasteiger partial charge in [0.05, 0.1) is 15.5 Å². The molecular formula is C13H13BrIN3O4. The summed E-state index contributed by atoms with van der Waals surface area (Å²) < 4.78 is 16.4. The molecule has 0 aliphatic carbocycles. The fourth-order valence-corrected chi connectivity index (χ4v) is 3.10. The Bertz CT molecular complexity index is 541. The van der Waals surface area contributed by atoms with E-state index < -0.39 is 24.5 Å². The van der Waals surface area contributed by atoms with E-state index in [0.29, 0.717) is 6.47 Å². The van der Waals surface area contributed by atoms with Crippen LogP contribution in [-0.2, 0) is 19.0 Å². The van der Waals surface area contributed by atoms with E-state index in [1.165, 1.54) is 0 Å². The number of benzene rings is 1. The molecule has 1 aliphatic rings. The molecule has 1 saturated heterocycles. The third-order valence-electron chi connectivity index (χ3n) is 3.14. The predicted octanol–water partition coefficient (Wildman–Crippen LogP) is 3.48. The fourth-order valence-electron chi connectivity index (χ4n) is 2.14. The van der Waals surface area contributed by atoms with Crippen molar-refractivity contribution in [3.8, 4) is 0 Å². The van der Waals surface area contributed by atoms with E-state index in [1.807, 2.05) is 30.3 Å². The normalized spacial score (nSPS) is 27.3. The van der Waals surface area contributed by atoms with Crippen molar-refractivity contribution in [2.24, 2.45) is 5.11 Å². The number of carbonyl (C=O) groups is 1. The first-order valence-electron chi connectivity index (χ1n) is 6.41. The maximum Gasteiger partial charge on any atom is 0.293 e. The van der Waals surface area contributed by atoms with Gasteiger partial charge in [0.15, 0.2) is 12.4 Å². The Labute approximate surface area is 149 Å². The quantitative estimate of drug-likeness (QED) is 0.155. The van der Waals surface area contributed by atoms with E-state index in [9.17, 15) is 4.79 Å². The van der Waals surface area contributed by atoms with Crippen LogP contribution in [0.4, 0.5) is 0 Å². The molecule has 118 valence electrons. The molecule has 1 fully saturated rings. The van der Waals surface area contributed by atoms with Crippen molar-refractivity contribution >= 4 is 45.0 Å². The minimum absolute atomic E-state index is 0.163. The average molecular weight is 482 g/mol. The molecule has 0 aromatic heterocycles. The van der Waals surface area contributed by atoms with Crippen molar-refractivity contribution < 1.29 is 19.0 Å². The van der Waals surface area contributed by atoms with Crippen LogP contribution in [0.5, 0.6) is 0 Å². The summed E-state index contributed by atoms with van der Waals surface area (Å²) >= 11 is 5.47. The number of alkyl halides is 2. The molecule has 0 radical (unpaired) electrons. The van der Waals surface area contributed by atoms with Crippen molar-refractivity contribution in [1.82, 2.24) is 0 Å². The van der Waals surface area contributed by atoms with Gasteiger partial charge in [-0.25, -0.2) is 0 Å². The Kier molecular flexibility index (Phi) is 6.90. The summed E-state index contributed by atoms with van der Waals surface area (Å²) in [5.74, 6) is 0. The SMILES string of the molecule is [N-]=[N+]=N[C@H](C(Br)I)[C@@H]1O[C@H](c2ccccc2)OC[C@H]1OC=O. The number of halogens is 2. The lowest BCUT2D eigenvalue weighted by Gasteiger charge is -2.38. The van der Waals surface area contributed by atoms with Crippen LogP contribution in [0, 0.1) is 0 Å². The van der Waals surface area contributed by atoms with Crippen LogP contribution in [-0.4, -0.2) is 34.2 Å². The first-order chi connectivity index (χ1) is 10.7. The van der Waals surface area contributed by atoms with Gasteiger partial charge in [0.25, 0.3) is 6.47 Å². The third kappa shape index (κ3) is 4.32. The van der Waals surface area contributed by atoms with Crippen molar-refractivity contribution in [3.63, 3.8) is 0 Å². The topological polar surface area (TPSA) is 93.5 Å². The maximum absolute atomic E-state index is 10.7. The summed E-state index contributed by atoms with van der Waals surface area (Å²) in [6, 6.07) is 8.85. The van der Waals surface area contributed by atoms with Crippen LogP contribution in [0.15, 0.2) is 35.4 Å². The summed E-state index contributed by atoms with van der Waals surface area (Å²) in [4.78, 5) is 13.5. The summed E-state index contributed by atoms with van der Waals surface area (Å²) in [5, 5.41) is 3.76. The molecule has 0 bridgehead atoms. The molecular weight excluding hydrogens is 469 g/mol. The highest BCUT2D eigenvalue weighted by atomic mass is 127. The van der Waals surface area contributed by atoms with Crippen molar-refractivity contribution in [3.05, 3.63) is 46.3 Å². The van der Waals surface area contributed by atoms with Crippen LogP contribution in [0.25, 0.3) is 10.4 Å². The summed E-state index contributed by atoms with van der Waals surface area (Å²) in [6.07, 6.45) is -1.85. The Balaban J connectivity index is 2.23. The van der Waals surface area contributed by atoms with Gasteiger partial charge in [0.2, 0.25) is 0 Å². The first kappa shape index (κ1) is 17.5. The molecule has 0 amide bonds. The zero-order valence-corrected chi connectivity index (χ0v) is 15.0. The molecule has 0 saturated carbocycles. The molecule has 1 heterocycles. The summed E-state index contributed by atoms with van der Waals surface area (Å²) in [6.45, 7) is 0.508. The van der Waals surface area contributed by atoms with Gasteiger partial charge in [-0.05, 0) is 5.53 Å². The lowest BCUT2D eigenvalue weighted by atomic mass is 10.1. The van der Waals surface area contributed by atoms with Gasteiger partial charge >= 0.3 is 0 Å². The molecule has 5 atom stereocenters. The highest BCUT2D eigenvalue weighted by molar-refractivity contribution is 14.1. The van der Waals surface area contributed by atoms with E-state index in [0.717, 1.165) is 5.56 Å². The van der Waals surface area contributed by atoms with Crippen LogP contribution in [0.3, 0.4) is 0 Å². The van der Waals surface area contributed by atoms with E-state index >= 15 is 0 Å². The van der Waals surface area contributed by atoms with E-state index in [2.05, 4.69) is 48.5 Å². The molecule has 0 spiro atoms. The molecule has 1 aromatic carbocycles. The second-order valence-electron chi connectivity index (χ2n) is 4.48. The van der Waals surface area contributed by atoms with Crippen LogP contribution >= 0.6 is 38.5 Å². The molecule has 1 unspecified atom stereocenters. The van der Waals surface area contributed by atoms with Crippen LogP contribution < -0.4 is 0 Å². The first-order valence-corrected chi connectivity index (χ1v) is 8.57. The zero-order chi connectivity index (χ0) is 15.9. The molecule has 2 rings (SSSR count). The Hall–Kier alpha value is -0.870. The van der Waals surface area contributed by atoms with Crippen LogP contribution in [0.1, 0.15) is 11.9 Å². The zero-order valence-electron chi connectivity index (χ0n) is 11.3. The largest absolute Gasteiger partial charge is 0.459 e. The highest BCUT2D eigenvalue weighted by Gasteiger charge is 2.41. The van der Waals surface area contributed by atoms with E-state index in [4.69, 9.17) is 19.7 Å². The van der Waals surface area contributed by atoms with Crippen molar-refractivity contribution in [1.29, 1.82) is 0 Å². The molecule has 1 aliphatic heterocycles. The Morgan fingerprint density at radius 2 is 2.23 bits per heavy atom. The maximum atomic E-state index is 10.7. The second-order valence-corrected chi connectivity index (χ2v) is 8.52. The monoisotopic (exact) mass is 481 g/mol. The smallest absolute Gasteiger partial charge is 0.293 e. The molecule has 0 N–H and O–H groups in total. The lowest BCUT2D eigenvalue weighted by molar-refractivity contribution is -0.262. The second kappa shape index (κ2) is 8.68. The number of ether oxygens (including phenoxy) is 3. The van der Waals surface area contributed by atoms with Gasteiger partial charge < -0.3 is 14.2 Å². The van der Waals surface area contributed by atoms with Gasteiger partial charge in [-0.1, -0.05) is 74.0 Å². The van der Waals surface area contributed by atoms with E-state index in [-0.39, 0.29) is 9.44 Å².